The number of benzene rings is 3. The van der Waals surface area contributed by atoms with Crippen LogP contribution in [0.1, 0.15) is 51.7 Å². The molecule has 0 saturated carbocycles. The third-order valence-corrected chi connectivity index (χ3v) is 6.64. The molecule has 0 radical (unpaired) electrons. The molecular weight excluding hydrogens is 549 g/mol. The minimum absolute atomic E-state index is 0.0245. The number of ether oxygens (including phenoxy) is 2. The Balaban J connectivity index is 1.70. The number of phenols is 1. The molecule has 0 unspecified atom stereocenters. The predicted octanol–water partition coefficient (Wildman–Crippen LogP) is 6.57. The highest BCUT2D eigenvalue weighted by Crippen LogP contribution is 2.33. The number of methoxy groups -OCH3 is 1. The molecule has 4 aromatic rings. The Bertz CT molecular complexity index is 1550. The zero-order chi connectivity index (χ0) is 30.3. The first-order chi connectivity index (χ1) is 20.1. The summed E-state index contributed by atoms with van der Waals surface area (Å²) in [5.74, 6) is -1.08. The van der Waals surface area contributed by atoms with Crippen LogP contribution in [0.3, 0.4) is 0 Å². The second-order valence-electron chi connectivity index (χ2n) is 9.85. The standard InChI is InChI=1S/C32H31F3N2O5/c1-3-4-14-42-31(40)27-18-29(30(39)36-24(19-41-2)15-20-8-11-25(38)12-9-20)37-28-13-10-22(17-26(27)28)21-6-5-7-23(16-21)32(33,34)35/h5-13,16-18,24,38H,3-4,14-15,19H2,1-2H3,(H,36,39)/t24-/m0/s1. The van der Waals surface area contributed by atoms with Gasteiger partial charge >= 0.3 is 12.1 Å². The fraction of sp³-hybridized carbons (Fsp3) is 0.281. The van der Waals surface area contributed by atoms with Crippen molar-refractivity contribution in [1.82, 2.24) is 10.3 Å². The van der Waals surface area contributed by atoms with E-state index < -0.39 is 29.7 Å². The van der Waals surface area contributed by atoms with Crippen molar-refractivity contribution in [2.75, 3.05) is 20.3 Å². The van der Waals surface area contributed by atoms with Crippen molar-refractivity contribution in [3.05, 3.63) is 95.2 Å². The number of amides is 1. The summed E-state index contributed by atoms with van der Waals surface area (Å²) in [6.45, 7) is 2.33. The molecule has 7 nitrogen and oxygen atoms in total. The van der Waals surface area contributed by atoms with Crippen LogP contribution in [0.4, 0.5) is 13.2 Å². The van der Waals surface area contributed by atoms with Gasteiger partial charge in [-0.25, -0.2) is 9.78 Å². The van der Waals surface area contributed by atoms with Gasteiger partial charge in [0.05, 0.1) is 35.9 Å². The monoisotopic (exact) mass is 580 g/mol. The Labute approximate surface area is 241 Å². The summed E-state index contributed by atoms with van der Waals surface area (Å²) in [6.07, 6.45) is -2.64. The Morgan fingerprint density at radius 3 is 2.43 bits per heavy atom. The molecule has 10 heteroatoms. The van der Waals surface area contributed by atoms with Crippen LogP contribution in [0.15, 0.2) is 72.8 Å². The van der Waals surface area contributed by atoms with E-state index in [1.165, 1.54) is 19.2 Å². The van der Waals surface area contributed by atoms with Crippen molar-refractivity contribution < 1.29 is 37.3 Å². The number of aromatic hydroxyl groups is 1. The number of hydrogen-bond acceptors (Lipinski definition) is 6. The van der Waals surface area contributed by atoms with Gasteiger partial charge in [0, 0.05) is 12.5 Å². The second kappa shape index (κ2) is 13.5. The molecule has 0 aliphatic heterocycles. The van der Waals surface area contributed by atoms with Gasteiger partial charge in [0.1, 0.15) is 11.4 Å². The van der Waals surface area contributed by atoms with E-state index in [0.29, 0.717) is 34.9 Å². The lowest BCUT2D eigenvalue weighted by molar-refractivity contribution is -0.137. The second-order valence-corrected chi connectivity index (χ2v) is 9.85. The molecule has 4 rings (SSSR count). The van der Waals surface area contributed by atoms with Gasteiger partial charge in [-0.1, -0.05) is 43.7 Å². The van der Waals surface area contributed by atoms with E-state index in [4.69, 9.17) is 9.47 Å². The SMILES string of the molecule is CCCCOC(=O)c1cc(C(=O)N[C@H](COC)Cc2ccc(O)cc2)nc2ccc(-c3cccc(C(F)(F)F)c3)cc12. The van der Waals surface area contributed by atoms with Crippen molar-refractivity contribution in [3.63, 3.8) is 0 Å². The molecule has 1 aromatic heterocycles. The van der Waals surface area contributed by atoms with E-state index in [9.17, 15) is 27.9 Å². The maximum atomic E-state index is 13.3. The third-order valence-electron chi connectivity index (χ3n) is 6.64. The average Bonchev–Trinajstić information content (AvgIpc) is 2.97. The van der Waals surface area contributed by atoms with E-state index in [2.05, 4.69) is 10.3 Å². The number of alkyl halides is 3. The molecule has 2 N–H and O–H groups in total. The topological polar surface area (TPSA) is 97.8 Å². The van der Waals surface area contributed by atoms with E-state index in [-0.39, 0.29) is 30.2 Å². The van der Waals surface area contributed by atoms with Gasteiger partial charge in [0.15, 0.2) is 0 Å². The van der Waals surface area contributed by atoms with E-state index in [0.717, 1.165) is 24.1 Å². The number of hydrogen-bond donors (Lipinski definition) is 2. The quantitative estimate of drug-likeness (QED) is 0.154. The molecule has 220 valence electrons. The number of esters is 1. The zero-order valence-corrected chi connectivity index (χ0v) is 23.2. The van der Waals surface area contributed by atoms with Crippen LogP contribution in [0.5, 0.6) is 5.75 Å². The van der Waals surface area contributed by atoms with Gasteiger partial charge in [0.2, 0.25) is 0 Å². The summed E-state index contributed by atoms with van der Waals surface area (Å²) < 4.78 is 50.7. The normalized spacial score (nSPS) is 12.2. The smallest absolute Gasteiger partial charge is 0.416 e. The number of carbonyl (C=O) groups excluding carboxylic acids is 2. The van der Waals surface area contributed by atoms with Crippen molar-refractivity contribution in [2.45, 2.75) is 38.4 Å². The van der Waals surface area contributed by atoms with Crippen molar-refractivity contribution in [2.24, 2.45) is 0 Å². The Hall–Kier alpha value is -4.44. The lowest BCUT2D eigenvalue weighted by atomic mass is 9.98. The van der Waals surface area contributed by atoms with Crippen LogP contribution in [0, 0.1) is 0 Å². The molecule has 42 heavy (non-hydrogen) atoms. The lowest BCUT2D eigenvalue weighted by Gasteiger charge is -2.18. The minimum atomic E-state index is -4.51. The molecule has 1 atom stereocenters. The molecule has 0 aliphatic rings. The number of phenolic OH excluding ortho intramolecular Hbond substituents is 1. The van der Waals surface area contributed by atoms with Crippen LogP contribution in [-0.2, 0) is 22.1 Å². The summed E-state index contributed by atoms with van der Waals surface area (Å²) in [4.78, 5) is 31.0. The first-order valence-electron chi connectivity index (χ1n) is 13.5. The van der Waals surface area contributed by atoms with Gasteiger partial charge in [0.25, 0.3) is 5.91 Å². The summed E-state index contributed by atoms with van der Waals surface area (Å²) in [5.41, 5.74) is 1.20. The number of rotatable bonds is 11. The number of fused-ring (bicyclic) bond motifs is 1. The molecule has 0 spiro atoms. The maximum Gasteiger partial charge on any atom is 0.416 e. The fourth-order valence-electron chi connectivity index (χ4n) is 4.48. The number of aromatic nitrogens is 1. The Morgan fingerprint density at radius 1 is 1.00 bits per heavy atom. The third kappa shape index (κ3) is 7.64. The molecule has 0 saturated heterocycles. The molecule has 0 bridgehead atoms. The van der Waals surface area contributed by atoms with Gasteiger partial charge in [-0.05, 0) is 72.0 Å². The predicted molar refractivity (Wildman–Crippen MR) is 152 cm³/mol. The Morgan fingerprint density at radius 2 is 1.74 bits per heavy atom. The van der Waals surface area contributed by atoms with E-state index in [1.807, 2.05) is 6.92 Å². The highest BCUT2D eigenvalue weighted by molar-refractivity contribution is 6.07. The first kappa shape index (κ1) is 30.5. The molecule has 3 aromatic carbocycles. The van der Waals surface area contributed by atoms with Crippen molar-refractivity contribution in [1.29, 1.82) is 0 Å². The number of halogens is 3. The molecular formula is C32H31F3N2O5. The van der Waals surface area contributed by atoms with Crippen molar-refractivity contribution in [3.8, 4) is 16.9 Å². The molecule has 1 amide bonds. The van der Waals surface area contributed by atoms with Gasteiger partial charge in [-0.2, -0.15) is 13.2 Å². The number of nitrogens with zero attached hydrogens (tertiary/aromatic N) is 1. The van der Waals surface area contributed by atoms with Crippen LogP contribution in [0.25, 0.3) is 22.0 Å². The number of pyridine rings is 1. The van der Waals surface area contributed by atoms with Crippen molar-refractivity contribution >= 4 is 22.8 Å². The summed E-state index contributed by atoms with van der Waals surface area (Å²) in [6, 6.07) is 17.1. The number of unbranched alkanes of at least 4 members (excludes halogenated alkanes) is 1. The largest absolute Gasteiger partial charge is 0.508 e. The summed E-state index contributed by atoms with van der Waals surface area (Å²) in [5, 5.41) is 12.8. The lowest BCUT2D eigenvalue weighted by Crippen LogP contribution is -2.40. The van der Waals surface area contributed by atoms with Gasteiger partial charge in [-0.15, -0.1) is 0 Å². The van der Waals surface area contributed by atoms with Crippen LogP contribution in [0.2, 0.25) is 0 Å². The Kier molecular flexibility index (Phi) is 9.80. The van der Waals surface area contributed by atoms with Gasteiger partial charge in [-0.3, -0.25) is 4.79 Å². The van der Waals surface area contributed by atoms with Crippen LogP contribution < -0.4 is 5.32 Å². The highest BCUT2D eigenvalue weighted by Gasteiger charge is 2.30. The number of carbonyl (C=O) groups is 2. The number of nitrogens with one attached hydrogen (secondary N) is 1. The van der Waals surface area contributed by atoms with E-state index >= 15 is 0 Å². The van der Waals surface area contributed by atoms with Crippen LogP contribution >= 0.6 is 0 Å². The fourth-order valence-corrected chi connectivity index (χ4v) is 4.48. The highest BCUT2D eigenvalue weighted by atomic mass is 19.4. The zero-order valence-electron chi connectivity index (χ0n) is 23.2. The summed E-state index contributed by atoms with van der Waals surface area (Å²) >= 11 is 0. The van der Waals surface area contributed by atoms with E-state index in [1.54, 1.807) is 48.5 Å². The average molecular weight is 581 g/mol. The molecule has 0 fully saturated rings. The van der Waals surface area contributed by atoms with Crippen LogP contribution in [-0.4, -0.2) is 48.3 Å². The minimum Gasteiger partial charge on any atom is -0.508 e. The molecule has 0 aliphatic carbocycles. The first-order valence-corrected chi connectivity index (χ1v) is 13.5. The summed E-state index contributed by atoms with van der Waals surface area (Å²) in [7, 11) is 1.51. The molecule has 1 heterocycles. The maximum absolute atomic E-state index is 13.3. The van der Waals surface area contributed by atoms with Gasteiger partial charge < -0.3 is 19.9 Å².